The van der Waals surface area contributed by atoms with Crippen molar-refractivity contribution < 1.29 is 9.59 Å². The first kappa shape index (κ1) is 13.3. The lowest BCUT2D eigenvalue weighted by atomic mass is 10.2. The lowest BCUT2D eigenvalue weighted by Crippen LogP contribution is -2.31. The summed E-state index contributed by atoms with van der Waals surface area (Å²) < 4.78 is 0. The number of carbonyl (C=O) groups excluding carboxylic acids is 2. The minimum Gasteiger partial charge on any atom is -0.373 e. The number of rotatable bonds is 6. The SMILES string of the molecule is CNc1ccc(C(=O)NCCC(=O)NC2CC2)cn1. The van der Waals surface area contributed by atoms with E-state index in [1.807, 2.05) is 0 Å². The number of hydrogen-bond donors (Lipinski definition) is 3. The van der Waals surface area contributed by atoms with E-state index in [9.17, 15) is 9.59 Å². The van der Waals surface area contributed by atoms with Gasteiger partial charge in [0.25, 0.3) is 5.91 Å². The van der Waals surface area contributed by atoms with Gasteiger partial charge in [-0.2, -0.15) is 0 Å². The number of carbonyl (C=O) groups is 2. The zero-order valence-electron chi connectivity index (χ0n) is 10.9. The third-order valence-corrected chi connectivity index (χ3v) is 2.86. The molecule has 3 N–H and O–H groups in total. The second kappa shape index (κ2) is 6.17. The highest BCUT2D eigenvalue weighted by Gasteiger charge is 2.22. The zero-order chi connectivity index (χ0) is 13.7. The van der Waals surface area contributed by atoms with Crippen molar-refractivity contribution in [2.75, 3.05) is 18.9 Å². The lowest BCUT2D eigenvalue weighted by molar-refractivity contribution is -0.121. The summed E-state index contributed by atoms with van der Waals surface area (Å²) in [5.41, 5.74) is 0.488. The van der Waals surface area contributed by atoms with E-state index < -0.39 is 0 Å². The number of aromatic nitrogens is 1. The van der Waals surface area contributed by atoms with Gasteiger partial charge >= 0.3 is 0 Å². The summed E-state index contributed by atoms with van der Waals surface area (Å²) >= 11 is 0. The summed E-state index contributed by atoms with van der Waals surface area (Å²) in [4.78, 5) is 27.2. The standard InChI is InChI=1S/C13H18N4O2/c1-14-11-5-2-9(8-16-11)13(19)15-7-6-12(18)17-10-3-4-10/h2,5,8,10H,3-4,6-7H2,1H3,(H,14,16)(H,15,19)(H,17,18). The maximum atomic E-state index is 11.8. The predicted molar refractivity (Wildman–Crippen MR) is 71.9 cm³/mol. The van der Waals surface area contributed by atoms with Gasteiger partial charge in [0, 0.05) is 32.3 Å². The third-order valence-electron chi connectivity index (χ3n) is 2.86. The Hall–Kier alpha value is -2.11. The number of nitrogens with zero attached hydrogens (tertiary/aromatic N) is 1. The summed E-state index contributed by atoms with van der Waals surface area (Å²) in [6.45, 7) is 0.338. The molecule has 0 unspecified atom stereocenters. The molecule has 2 rings (SSSR count). The van der Waals surface area contributed by atoms with Crippen molar-refractivity contribution in [1.29, 1.82) is 0 Å². The lowest BCUT2D eigenvalue weighted by Gasteiger charge is -2.06. The molecule has 6 nitrogen and oxygen atoms in total. The van der Waals surface area contributed by atoms with Crippen LogP contribution >= 0.6 is 0 Å². The van der Waals surface area contributed by atoms with Crippen molar-refractivity contribution in [3.8, 4) is 0 Å². The van der Waals surface area contributed by atoms with Crippen molar-refractivity contribution in [2.45, 2.75) is 25.3 Å². The molecule has 1 aromatic heterocycles. The van der Waals surface area contributed by atoms with Crippen LogP contribution in [-0.2, 0) is 4.79 Å². The van der Waals surface area contributed by atoms with Crippen LogP contribution in [-0.4, -0.2) is 36.4 Å². The van der Waals surface area contributed by atoms with Crippen LogP contribution in [0, 0.1) is 0 Å². The fourth-order valence-electron chi connectivity index (χ4n) is 1.60. The Morgan fingerprint density at radius 2 is 2.16 bits per heavy atom. The Kier molecular flexibility index (Phi) is 4.33. The highest BCUT2D eigenvalue weighted by Crippen LogP contribution is 2.18. The summed E-state index contributed by atoms with van der Waals surface area (Å²) in [6.07, 6.45) is 3.96. The van der Waals surface area contributed by atoms with Crippen LogP contribution < -0.4 is 16.0 Å². The van der Waals surface area contributed by atoms with E-state index in [2.05, 4.69) is 20.9 Å². The van der Waals surface area contributed by atoms with Crippen molar-refractivity contribution in [1.82, 2.24) is 15.6 Å². The van der Waals surface area contributed by atoms with Gasteiger partial charge in [-0.25, -0.2) is 4.98 Å². The van der Waals surface area contributed by atoms with Gasteiger partial charge in [-0.15, -0.1) is 0 Å². The van der Waals surface area contributed by atoms with Crippen molar-refractivity contribution in [3.63, 3.8) is 0 Å². The molecule has 1 fully saturated rings. The maximum absolute atomic E-state index is 11.8. The second-order valence-electron chi connectivity index (χ2n) is 4.53. The van der Waals surface area contributed by atoms with Crippen molar-refractivity contribution in [2.24, 2.45) is 0 Å². The van der Waals surface area contributed by atoms with Crippen LogP contribution in [0.3, 0.4) is 0 Å². The molecule has 0 bridgehead atoms. The first-order valence-corrected chi connectivity index (χ1v) is 6.40. The topological polar surface area (TPSA) is 83.1 Å². The molecule has 1 heterocycles. The predicted octanol–water partition coefficient (Wildman–Crippen LogP) is 0.522. The molecule has 1 saturated carbocycles. The fraction of sp³-hybridized carbons (Fsp3) is 0.462. The van der Waals surface area contributed by atoms with Crippen LogP contribution in [0.4, 0.5) is 5.82 Å². The Labute approximate surface area is 112 Å². The normalized spacial score (nSPS) is 13.7. The number of hydrogen-bond acceptors (Lipinski definition) is 4. The first-order chi connectivity index (χ1) is 9.19. The molecule has 0 spiro atoms. The van der Waals surface area contributed by atoms with Crippen LogP contribution in [0.2, 0.25) is 0 Å². The van der Waals surface area contributed by atoms with Crippen molar-refractivity contribution in [3.05, 3.63) is 23.9 Å². The van der Waals surface area contributed by atoms with Crippen LogP contribution in [0.15, 0.2) is 18.3 Å². The zero-order valence-corrected chi connectivity index (χ0v) is 10.9. The Balaban J connectivity index is 1.71. The van der Waals surface area contributed by atoms with Gasteiger partial charge in [-0.1, -0.05) is 0 Å². The molecule has 102 valence electrons. The molecule has 19 heavy (non-hydrogen) atoms. The summed E-state index contributed by atoms with van der Waals surface area (Å²) in [7, 11) is 1.76. The monoisotopic (exact) mass is 262 g/mol. The molecule has 0 radical (unpaired) electrons. The van der Waals surface area contributed by atoms with Crippen LogP contribution in [0.1, 0.15) is 29.6 Å². The molecule has 0 atom stereocenters. The van der Waals surface area contributed by atoms with Gasteiger partial charge in [0.2, 0.25) is 5.91 Å². The summed E-state index contributed by atoms with van der Waals surface area (Å²) in [6, 6.07) is 3.79. The smallest absolute Gasteiger partial charge is 0.252 e. The highest BCUT2D eigenvalue weighted by molar-refractivity contribution is 5.94. The maximum Gasteiger partial charge on any atom is 0.252 e. The average Bonchev–Trinajstić information content (AvgIpc) is 3.22. The van der Waals surface area contributed by atoms with E-state index in [4.69, 9.17) is 0 Å². The van der Waals surface area contributed by atoms with Gasteiger partial charge in [0.1, 0.15) is 5.82 Å². The minimum absolute atomic E-state index is 0.00791. The molecule has 2 amide bonds. The van der Waals surface area contributed by atoms with Crippen LogP contribution in [0.5, 0.6) is 0 Å². The van der Waals surface area contributed by atoms with Crippen molar-refractivity contribution >= 4 is 17.6 Å². The first-order valence-electron chi connectivity index (χ1n) is 6.40. The van der Waals surface area contributed by atoms with Crippen LogP contribution in [0.25, 0.3) is 0 Å². The second-order valence-corrected chi connectivity index (χ2v) is 4.53. The largest absolute Gasteiger partial charge is 0.373 e. The average molecular weight is 262 g/mol. The summed E-state index contributed by atoms with van der Waals surface area (Å²) in [5, 5.41) is 8.45. The van der Waals surface area contributed by atoms with Gasteiger partial charge in [-0.05, 0) is 25.0 Å². The Morgan fingerprint density at radius 1 is 1.37 bits per heavy atom. The molecule has 6 heteroatoms. The molecule has 0 saturated heterocycles. The quantitative estimate of drug-likeness (QED) is 0.698. The number of anilines is 1. The van der Waals surface area contributed by atoms with E-state index in [1.165, 1.54) is 6.20 Å². The number of nitrogens with one attached hydrogen (secondary N) is 3. The molecule has 0 aromatic carbocycles. The van der Waals surface area contributed by atoms with E-state index in [-0.39, 0.29) is 11.8 Å². The number of pyridine rings is 1. The van der Waals surface area contributed by atoms with E-state index in [1.54, 1.807) is 19.2 Å². The third kappa shape index (κ3) is 4.24. The van der Waals surface area contributed by atoms with E-state index >= 15 is 0 Å². The van der Waals surface area contributed by atoms with Gasteiger partial charge < -0.3 is 16.0 Å². The van der Waals surface area contributed by atoms with E-state index in [0.29, 0.717) is 30.4 Å². The molecule has 1 aliphatic rings. The van der Waals surface area contributed by atoms with Gasteiger partial charge in [-0.3, -0.25) is 9.59 Å². The molecule has 1 aromatic rings. The Morgan fingerprint density at radius 3 is 2.74 bits per heavy atom. The molecule has 0 aliphatic heterocycles. The molecular weight excluding hydrogens is 244 g/mol. The molecule has 1 aliphatic carbocycles. The van der Waals surface area contributed by atoms with Gasteiger partial charge in [0.15, 0.2) is 0 Å². The highest BCUT2D eigenvalue weighted by atomic mass is 16.2. The fourth-order valence-corrected chi connectivity index (χ4v) is 1.60. The van der Waals surface area contributed by atoms with Gasteiger partial charge in [0.05, 0.1) is 5.56 Å². The number of amides is 2. The Bertz CT molecular complexity index is 454. The summed E-state index contributed by atoms with van der Waals surface area (Å²) in [5.74, 6) is 0.487. The minimum atomic E-state index is -0.214. The molecular formula is C13H18N4O2. The van der Waals surface area contributed by atoms with E-state index in [0.717, 1.165) is 12.8 Å².